The van der Waals surface area contributed by atoms with Crippen LogP contribution in [0.5, 0.6) is 0 Å². The fourth-order valence-corrected chi connectivity index (χ4v) is 2.22. The Morgan fingerprint density at radius 2 is 1.94 bits per heavy atom. The van der Waals surface area contributed by atoms with Crippen LogP contribution < -0.4 is 5.73 Å². The van der Waals surface area contributed by atoms with Gasteiger partial charge in [-0.25, -0.2) is 4.39 Å². The first-order valence-electron chi connectivity index (χ1n) is 5.66. The quantitative estimate of drug-likeness (QED) is 0.884. The first-order valence-corrected chi connectivity index (χ1v) is 6.45. The SMILES string of the molecule is CC(C)c1cc(Br)c(F)c(C(C)CCN)c1. The fourth-order valence-electron chi connectivity index (χ4n) is 1.73. The minimum Gasteiger partial charge on any atom is -0.330 e. The highest BCUT2D eigenvalue weighted by atomic mass is 79.9. The zero-order valence-corrected chi connectivity index (χ0v) is 11.6. The molecule has 16 heavy (non-hydrogen) atoms. The van der Waals surface area contributed by atoms with Crippen molar-refractivity contribution >= 4 is 15.9 Å². The summed E-state index contributed by atoms with van der Waals surface area (Å²) in [6, 6.07) is 3.82. The van der Waals surface area contributed by atoms with Gasteiger partial charge in [0.05, 0.1) is 4.47 Å². The molecule has 0 bridgehead atoms. The van der Waals surface area contributed by atoms with Crippen LogP contribution in [0.4, 0.5) is 4.39 Å². The molecule has 0 radical (unpaired) electrons. The van der Waals surface area contributed by atoms with Crippen molar-refractivity contribution in [3.8, 4) is 0 Å². The molecule has 3 heteroatoms. The number of hydrogen-bond donors (Lipinski definition) is 1. The van der Waals surface area contributed by atoms with Crippen LogP contribution in [0.2, 0.25) is 0 Å². The molecule has 1 aromatic carbocycles. The molecule has 1 atom stereocenters. The summed E-state index contributed by atoms with van der Waals surface area (Å²) >= 11 is 3.28. The van der Waals surface area contributed by atoms with E-state index < -0.39 is 0 Å². The van der Waals surface area contributed by atoms with Gasteiger partial charge in [0.1, 0.15) is 5.82 Å². The third-order valence-corrected chi connectivity index (χ3v) is 3.45. The monoisotopic (exact) mass is 287 g/mol. The van der Waals surface area contributed by atoms with E-state index in [0.717, 1.165) is 17.5 Å². The summed E-state index contributed by atoms with van der Waals surface area (Å²) in [6.45, 7) is 6.82. The van der Waals surface area contributed by atoms with Crippen LogP contribution in [0.25, 0.3) is 0 Å². The number of halogens is 2. The Labute approximate surface area is 105 Å². The van der Waals surface area contributed by atoms with Gasteiger partial charge in [0, 0.05) is 0 Å². The Morgan fingerprint density at radius 3 is 2.44 bits per heavy atom. The average Bonchev–Trinajstić information content (AvgIpc) is 2.21. The van der Waals surface area contributed by atoms with E-state index >= 15 is 0 Å². The largest absolute Gasteiger partial charge is 0.330 e. The molecule has 0 saturated heterocycles. The Kier molecular flexibility index (Phi) is 4.93. The van der Waals surface area contributed by atoms with Gasteiger partial charge in [-0.05, 0) is 57.9 Å². The Hall–Kier alpha value is -0.410. The molecule has 1 unspecified atom stereocenters. The fraction of sp³-hybridized carbons (Fsp3) is 0.538. The van der Waals surface area contributed by atoms with Crippen LogP contribution in [-0.4, -0.2) is 6.54 Å². The molecular formula is C13H19BrFN. The van der Waals surface area contributed by atoms with Gasteiger partial charge in [0.2, 0.25) is 0 Å². The third kappa shape index (κ3) is 3.05. The van der Waals surface area contributed by atoms with E-state index in [9.17, 15) is 4.39 Å². The predicted octanol–water partition coefficient (Wildman–Crippen LogP) is 4.16. The molecule has 2 N–H and O–H groups in total. The maximum atomic E-state index is 13.9. The van der Waals surface area contributed by atoms with E-state index in [-0.39, 0.29) is 11.7 Å². The number of nitrogens with two attached hydrogens (primary N) is 1. The van der Waals surface area contributed by atoms with Crippen molar-refractivity contribution in [2.24, 2.45) is 5.73 Å². The summed E-state index contributed by atoms with van der Waals surface area (Å²) in [5.74, 6) is 0.422. The molecule has 1 aromatic rings. The predicted molar refractivity (Wildman–Crippen MR) is 70.3 cm³/mol. The molecule has 0 aromatic heterocycles. The minimum atomic E-state index is -0.148. The molecule has 90 valence electrons. The molecular weight excluding hydrogens is 269 g/mol. The second-order valence-electron chi connectivity index (χ2n) is 4.54. The van der Waals surface area contributed by atoms with Gasteiger partial charge < -0.3 is 5.73 Å². The van der Waals surface area contributed by atoms with E-state index in [1.807, 2.05) is 19.1 Å². The molecule has 1 nitrogen and oxygen atoms in total. The van der Waals surface area contributed by atoms with Crippen molar-refractivity contribution in [3.05, 3.63) is 33.5 Å². The smallest absolute Gasteiger partial charge is 0.140 e. The van der Waals surface area contributed by atoms with E-state index in [0.29, 0.717) is 16.9 Å². The number of benzene rings is 1. The highest BCUT2D eigenvalue weighted by molar-refractivity contribution is 9.10. The molecule has 0 amide bonds. The zero-order valence-electron chi connectivity index (χ0n) is 10.1. The van der Waals surface area contributed by atoms with Crippen LogP contribution in [-0.2, 0) is 0 Å². The normalized spacial score (nSPS) is 13.2. The molecule has 0 heterocycles. The minimum absolute atomic E-state index is 0.148. The highest BCUT2D eigenvalue weighted by Crippen LogP contribution is 2.31. The Balaban J connectivity index is 3.16. The van der Waals surface area contributed by atoms with E-state index in [1.54, 1.807) is 0 Å². The third-order valence-electron chi connectivity index (χ3n) is 2.88. The van der Waals surface area contributed by atoms with Crippen molar-refractivity contribution in [2.45, 2.75) is 39.0 Å². The first-order chi connectivity index (χ1) is 7.47. The lowest BCUT2D eigenvalue weighted by atomic mass is 9.92. The summed E-state index contributed by atoms with van der Waals surface area (Å²) < 4.78 is 14.5. The average molecular weight is 288 g/mol. The summed E-state index contributed by atoms with van der Waals surface area (Å²) in [5, 5.41) is 0. The van der Waals surface area contributed by atoms with E-state index in [1.165, 1.54) is 0 Å². The van der Waals surface area contributed by atoms with Crippen molar-refractivity contribution in [3.63, 3.8) is 0 Å². The molecule has 0 spiro atoms. The van der Waals surface area contributed by atoms with Crippen molar-refractivity contribution in [2.75, 3.05) is 6.54 Å². The number of rotatable bonds is 4. The maximum Gasteiger partial charge on any atom is 0.140 e. The van der Waals surface area contributed by atoms with Crippen LogP contribution in [0, 0.1) is 5.82 Å². The molecule has 0 aliphatic rings. The van der Waals surface area contributed by atoms with Gasteiger partial charge in [-0.1, -0.05) is 26.8 Å². The maximum absolute atomic E-state index is 13.9. The topological polar surface area (TPSA) is 26.0 Å². The first kappa shape index (κ1) is 13.7. The summed E-state index contributed by atoms with van der Waals surface area (Å²) in [7, 11) is 0. The second kappa shape index (κ2) is 5.78. The van der Waals surface area contributed by atoms with Gasteiger partial charge in [0.25, 0.3) is 0 Å². The van der Waals surface area contributed by atoms with Crippen molar-refractivity contribution in [1.82, 2.24) is 0 Å². The van der Waals surface area contributed by atoms with Crippen LogP contribution >= 0.6 is 15.9 Å². The lowest BCUT2D eigenvalue weighted by molar-refractivity contribution is 0.569. The second-order valence-corrected chi connectivity index (χ2v) is 5.39. The van der Waals surface area contributed by atoms with Crippen molar-refractivity contribution < 1.29 is 4.39 Å². The van der Waals surface area contributed by atoms with E-state index in [4.69, 9.17) is 5.73 Å². The van der Waals surface area contributed by atoms with Crippen LogP contribution in [0.15, 0.2) is 16.6 Å². The van der Waals surface area contributed by atoms with E-state index in [2.05, 4.69) is 29.8 Å². The van der Waals surface area contributed by atoms with Gasteiger partial charge in [-0.15, -0.1) is 0 Å². The lowest BCUT2D eigenvalue weighted by Crippen LogP contribution is -2.07. The molecule has 0 aliphatic carbocycles. The van der Waals surface area contributed by atoms with Crippen LogP contribution in [0.1, 0.15) is 50.2 Å². The Morgan fingerprint density at radius 1 is 1.31 bits per heavy atom. The van der Waals surface area contributed by atoms with Gasteiger partial charge in [0.15, 0.2) is 0 Å². The Bertz CT molecular complexity index is 363. The van der Waals surface area contributed by atoms with Crippen molar-refractivity contribution in [1.29, 1.82) is 0 Å². The van der Waals surface area contributed by atoms with Gasteiger partial charge in [-0.2, -0.15) is 0 Å². The van der Waals surface area contributed by atoms with Gasteiger partial charge >= 0.3 is 0 Å². The number of hydrogen-bond acceptors (Lipinski definition) is 1. The zero-order chi connectivity index (χ0) is 12.3. The highest BCUT2D eigenvalue weighted by Gasteiger charge is 2.15. The standard InChI is InChI=1S/C13H19BrFN/c1-8(2)10-6-11(9(3)4-5-16)13(15)12(14)7-10/h6-9H,4-5,16H2,1-3H3. The van der Waals surface area contributed by atoms with Gasteiger partial charge in [-0.3, -0.25) is 0 Å². The van der Waals surface area contributed by atoms with Crippen LogP contribution in [0.3, 0.4) is 0 Å². The lowest BCUT2D eigenvalue weighted by Gasteiger charge is -2.16. The molecule has 0 aliphatic heterocycles. The molecule has 0 fully saturated rings. The molecule has 1 rings (SSSR count). The summed E-state index contributed by atoms with van der Waals surface area (Å²) in [4.78, 5) is 0. The molecule has 0 saturated carbocycles. The summed E-state index contributed by atoms with van der Waals surface area (Å²) in [5.41, 5.74) is 7.45. The summed E-state index contributed by atoms with van der Waals surface area (Å²) in [6.07, 6.45) is 0.810.